The third-order valence-corrected chi connectivity index (χ3v) is 5.26. The predicted octanol–water partition coefficient (Wildman–Crippen LogP) is 4.66. The molecule has 0 aliphatic rings. The number of thiazole rings is 1. The van der Waals surface area contributed by atoms with Gasteiger partial charge in [0.1, 0.15) is 5.82 Å². The van der Waals surface area contributed by atoms with Crippen LogP contribution >= 0.6 is 27.3 Å². The van der Waals surface area contributed by atoms with Crippen LogP contribution in [0.5, 0.6) is 11.5 Å². The highest BCUT2D eigenvalue weighted by atomic mass is 79.9. The highest BCUT2D eigenvalue weighted by Gasteiger charge is 2.14. The number of benzene rings is 2. The van der Waals surface area contributed by atoms with Gasteiger partial charge in [-0.2, -0.15) is 5.10 Å². The second-order valence-electron chi connectivity index (χ2n) is 6.41. The Balaban J connectivity index is 1.66. The fourth-order valence-electron chi connectivity index (χ4n) is 2.54. The standard InChI is InChI=1S/C21H22BrN5O3S/c1-3-29-17-9-14(10-24-27-21-26-18(23)12-31-21)8-16(22)20(17)30-11-19(28)25-15-6-4-13(2)5-7-15/h4-10,12H,3,11,23H2,1-2H3,(H,25,28)(H,26,27). The number of carbonyl (C=O) groups excluding carboxylic acids is 1. The van der Waals surface area contributed by atoms with Gasteiger partial charge >= 0.3 is 0 Å². The molecule has 0 unspecified atom stereocenters. The number of hydrogen-bond donors (Lipinski definition) is 3. The molecule has 4 N–H and O–H groups in total. The number of amides is 1. The molecule has 8 nitrogen and oxygen atoms in total. The zero-order chi connectivity index (χ0) is 22.2. The molecule has 3 aromatic rings. The molecule has 162 valence electrons. The highest BCUT2D eigenvalue weighted by molar-refractivity contribution is 9.10. The number of carbonyl (C=O) groups is 1. The number of nitrogens with zero attached hydrogens (tertiary/aromatic N) is 2. The first-order chi connectivity index (χ1) is 14.9. The van der Waals surface area contributed by atoms with Crippen molar-refractivity contribution >= 4 is 56.0 Å². The zero-order valence-corrected chi connectivity index (χ0v) is 19.4. The molecular weight excluding hydrogens is 482 g/mol. The van der Waals surface area contributed by atoms with Crippen LogP contribution in [0.2, 0.25) is 0 Å². The Kier molecular flexibility index (Phi) is 7.85. The molecule has 0 fully saturated rings. The van der Waals surface area contributed by atoms with Gasteiger partial charge in [0, 0.05) is 11.1 Å². The van der Waals surface area contributed by atoms with E-state index < -0.39 is 0 Å². The maximum Gasteiger partial charge on any atom is 0.262 e. The number of hydrogen-bond acceptors (Lipinski definition) is 8. The SMILES string of the molecule is CCOc1cc(C=NNc2nc(N)cs2)cc(Br)c1OCC(=O)Nc1ccc(C)cc1. The number of nitrogens with one attached hydrogen (secondary N) is 2. The number of aromatic nitrogens is 1. The van der Waals surface area contributed by atoms with E-state index in [0.717, 1.165) is 11.1 Å². The Hall–Kier alpha value is -3.11. The predicted molar refractivity (Wildman–Crippen MR) is 128 cm³/mol. The van der Waals surface area contributed by atoms with Crippen molar-refractivity contribution in [3.8, 4) is 11.5 Å². The monoisotopic (exact) mass is 503 g/mol. The van der Waals surface area contributed by atoms with Gasteiger partial charge in [0.2, 0.25) is 5.13 Å². The maximum absolute atomic E-state index is 12.3. The lowest BCUT2D eigenvalue weighted by atomic mass is 10.2. The smallest absolute Gasteiger partial charge is 0.262 e. The Morgan fingerprint density at radius 2 is 2.06 bits per heavy atom. The molecule has 0 bridgehead atoms. The van der Waals surface area contributed by atoms with Crippen molar-refractivity contribution in [2.24, 2.45) is 5.10 Å². The van der Waals surface area contributed by atoms with E-state index >= 15 is 0 Å². The van der Waals surface area contributed by atoms with Crippen LogP contribution in [0, 0.1) is 6.92 Å². The number of nitrogen functional groups attached to an aromatic ring is 1. The van der Waals surface area contributed by atoms with Crippen LogP contribution < -0.4 is 25.9 Å². The van der Waals surface area contributed by atoms with Crippen LogP contribution in [0.4, 0.5) is 16.6 Å². The highest BCUT2D eigenvalue weighted by Crippen LogP contribution is 2.36. The summed E-state index contributed by atoms with van der Waals surface area (Å²) in [6.45, 7) is 4.14. The number of nitrogens with two attached hydrogens (primary N) is 1. The number of halogens is 1. The van der Waals surface area contributed by atoms with Gasteiger partial charge in [0.05, 0.1) is 17.3 Å². The third kappa shape index (κ3) is 6.69. The zero-order valence-electron chi connectivity index (χ0n) is 17.0. The molecule has 1 aromatic heterocycles. The Morgan fingerprint density at radius 3 is 2.74 bits per heavy atom. The Labute approximate surface area is 192 Å². The van der Waals surface area contributed by atoms with Gasteiger partial charge in [-0.05, 0) is 59.6 Å². The number of anilines is 3. The van der Waals surface area contributed by atoms with E-state index in [4.69, 9.17) is 15.2 Å². The summed E-state index contributed by atoms with van der Waals surface area (Å²) in [6.07, 6.45) is 1.62. The summed E-state index contributed by atoms with van der Waals surface area (Å²) in [7, 11) is 0. The topological polar surface area (TPSA) is 111 Å². The summed E-state index contributed by atoms with van der Waals surface area (Å²) < 4.78 is 12.1. The Bertz CT molecular complexity index is 1070. The average Bonchev–Trinajstić information content (AvgIpc) is 3.14. The average molecular weight is 504 g/mol. The van der Waals surface area contributed by atoms with E-state index in [1.165, 1.54) is 11.3 Å². The van der Waals surface area contributed by atoms with Gasteiger partial charge in [-0.1, -0.05) is 17.7 Å². The molecule has 0 radical (unpaired) electrons. The second-order valence-corrected chi connectivity index (χ2v) is 8.13. The third-order valence-electron chi connectivity index (χ3n) is 3.91. The van der Waals surface area contributed by atoms with Crippen molar-refractivity contribution in [1.29, 1.82) is 0 Å². The van der Waals surface area contributed by atoms with Crippen molar-refractivity contribution < 1.29 is 14.3 Å². The molecule has 0 saturated carbocycles. The maximum atomic E-state index is 12.3. The van der Waals surface area contributed by atoms with Gasteiger partial charge in [-0.3, -0.25) is 10.2 Å². The molecule has 10 heteroatoms. The van der Waals surface area contributed by atoms with E-state index in [1.54, 1.807) is 17.7 Å². The van der Waals surface area contributed by atoms with Crippen molar-refractivity contribution in [3.05, 3.63) is 57.4 Å². The van der Waals surface area contributed by atoms with Crippen molar-refractivity contribution in [3.63, 3.8) is 0 Å². The number of ether oxygens (including phenoxy) is 2. The molecule has 0 atom stereocenters. The van der Waals surface area contributed by atoms with E-state index in [2.05, 4.69) is 36.8 Å². The van der Waals surface area contributed by atoms with Crippen LogP contribution in [-0.2, 0) is 4.79 Å². The van der Waals surface area contributed by atoms with E-state index in [-0.39, 0.29) is 12.5 Å². The van der Waals surface area contributed by atoms with Gasteiger partial charge in [0.15, 0.2) is 18.1 Å². The molecule has 2 aromatic carbocycles. The van der Waals surface area contributed by atoms with Crippen LogP contribution in [0.3, 0.4) is 0 Å². The van der Waals surface area contributed by atoms with Gasteiger partial charge in [0.25, 0.3) is 5.91 Å². The van der Waals surface area contributed by atoms with Crippen molar-refractivity contribution in [1.82, 2.24) is 4.98 Å². The molecule has 1 heterocycles. The second kappa shape index (κ2) is 10.8. The number of rotatable bonds is 9. The summed E-state index contributed by atoms with van der Waals surface area (Å²) in [4.78, 5) is 16.3. The minimum Gasteiger partial charge on any atom is -0.490 e. The van der Waals surface area contributed by atoms with Gasteiger partial charge < -0.3 is 20.5 Å². The number of hydrazone groups is 1. The lowest BCUT2D eigenvalue weighted by Crippen LogP contribution is -2.20. The minimum absolute atomic E-state index is 0.160. The van der Waals surface area contributed by atoms with Crippen LogP contribution in [0.1, 0.15) is 18.1 Å². The fraction of sp³-hybridized carbons (Fsp3) is 0.190. The van der Waals surface area contributed by atoms with E-state index in [9.17, 15) is 4.79 Å². The molecule has 1 amide bonds. The van der Waals surface area contributed by atoms with Crippen LogP contribution in [-0.4, -0.2) is 30.3 Å². The summed E-state index contributed by atoms with van der Waals surface area (Å²) in [6, 6.07) is 11.1. The van der Waals surface area contributed by atoms with Crippen LogP contribution in [0.25, 0.3) is 0 Å². The quantitative estimate of drug-likeness (QED) is 0.289. The first-order valence-electron chi connectivity index (χ1n) is 9.40. The van der Waals surface area contributed by atoms with E-state index in [1.807, 2.05) is 44.2 Å². The minimum atomic E-state index is -0.268. The lowest BCUT2D eigenvalue weighted by Gasteiger charge is -2.14. The number of aryl methyl sites for hydroxylation is 1. The molecule has 3 rings (SSSR count). The Morgan fingerprint density at radius 1 is 1.29 bits per heavy atom. The molecular formula is C21H22BrN5O3S. The van der Waals surface area contributed by atoms with Gasteiger partial charge in [-0.15, -0.1) is 11.3 Å². The fourth-order valence-corrected chi connectivity index (χ4v) is 3.66. The summed E-state index contributed by atoms with van der Waals surface area (Å²) in [5.41, 5.74) is 11.0. The molecule has 0 saturated heterocycles. The van der Waals surface area contributed by atoms with E-state index in [0.29, 0.717) is 39.2 Å². The first kappa shape index (κ1) is 22.6. The molecule has 0 spiro atoms. The first-order valence-corrected chi connectivity index (χ1v) is 11.1. The normalized spacial score (nSPS) is 10.8. The molecule has 0 aliphatic heterocycles. The largest absolute Gasteiger partial charge is 0.490 e. The lowest BCUT2D eigenvalue weighted by molar-refractivity contribution is -0.118. The molecule has 0 aliphatic carbocycles. The summed E-state index contributed by atoms with van der Waals surface area (Å²) in [5.74, 6) is 1.12. The van der Waals surface area contributed by atoms with Gasteiger partial charge in [-0.25, -0.2) is 4.98 Å². The summed E-state index contributed by atoms with van der Waals surface area (Å²) in [5, 5.41) is 9.28. The molecule has 31 heavy (non-hydrogen) atoms. The van der Waals surface area contributed by atoms with Crippen molar-refractivity contribution in [2.75, 3.05) is 29.7 Å². The van der Waals surface area contributed by atoms with Crippen molar-refractivity contribution in [2.45, 2.75) is 13.8 Å². The summed E-state index contributed by atoms with van der Waals surface area (Å²) >= 11 is 4.85. The van der Waals surface area contributed by atoms with Crippen LogP contribution in [0.15, 0.2) is 51.4 Å².